The smallest absolute Gasteiger partial charge is 0.161 e. The van der Waals surface area contributed by atoms with Gasteiger partial charge in [0.2, 0.25) is 0 Å². The van der Waals surface area contributed by atoms with Gasteiger partial charge in [0.15, 0.2) is 11.5 Å². The van der Waals surface area contributed by atoms with Crippen LogP contribution in [-0.2, 0) is 13.2 Å². The lowest BCUT2D eigenvalue weighted by Gasteiger charge is -2.12. The lowest BCUT2D eigenvalue weighted by molar-refractivity contribution is 0.272. The number of methoxy groups -OCH3 is 1. The number of aliphatic hydroxyl groups is 1. The van der Waals surface area contributed by atoms with Gasteiger partial charge >= 0.3 is 0 Å². The summed E-state index contributed by atoms with van der Waals surface area (Å²) in [4.78, 5) is 0. The lowest BCUT2D eigenvalue weighted by atomic mass is 10.2. The normalized spacial score (nSPS) is 10.3. The predicted molar refractivity (Wildman–Crippen MR) is 69.6 cm³/mol. The van der Waals surface area contributed by atoms with Crippen LogP contribution in [0.1, 0.15) is 11.1 Å². The summed E-state index contributed by atoms with van der Waals surface area (Å²) in [5, 5.41) is 9.05. The number of aliphatic hydroxyl groups excluding tert-OH is 1. The molecule has 0 heterocycles. The number of rotatable bonds is 5. The number of hydrogen-bond acceptors (Lipinski definition) is 3. The molecule has 0 spiro atoms. The van der Waals surface area contributed by atoms with Crippen molar-refractivity contribution in [1.82, 2.24) is 0 Å². The molecular formula is C15H15FO3. The average molecular weight is 262 g/mol. The van der Waals surface area contributed by atoms with Crippen LogP contribution in [0.25, 0.3) is 0 Å². The van der Waals surface area contributed by atoms with E-state index in [-0.39, 0.29) is 19.0 Å². The Morgan fingerprint density at radius 2 is 1.89 bits per heavy atom. The van der Waals surface area contributed by atoms with Crippen molar-refractivity contribution >= 4 is 0 Å². The Kier molecular flexibility index (Phi) is 4.36. The minimum Gasteiger partial charge on any atom is -0.493 e. The van der Waals surface area contributed by atoms with Gasteiger partial charge in [-0.3, -0.25) is 0 Å². The molecule has 100 valence electrons. The standard InChI is InChI=1S/C15H15FO3/c1-18-15-8-11(9-17)6-7-14(15)19-10-12-4-2-3-5-13(12)16/h2-8,17H,9-10H2,1H3. The van der Waals surface area contributed by atoms with Gasteiger partial charge in [-0.25, -0.2) is 4.39 Å². The van der Waals surface area contributed by atoms with Gasteiger partial charge in [0, 0.05) is 5.56 Å². The van der Waals surface area contributed by atoms with Crippen LogP contribution in [0.15, 0.2) is 42.5 Å². The summed E-state index contributed by atoms with van der Waals surface area (Å²) in [7, 11) is 1.52. The van der Waals surface area contributed by atoms with E-state index in [2.05, 4.69) is 0 Å². The summed E-state index contributed by atoms with van der Waals surface area (Å²) < 4.78 is 24.2. The van der Waals surface area contributed by atoms with Crippen LogP contribution < -0.4 is 9.47 Å². The second-order valence-corrected chi connectivity index (χ2v) is 4.02. The highest BCUT2D eigenvalue weighted by molar-refractivity contribution is 5.42. The number of hydrogen-bond donors (Lipinski definition) is 1. The van der Waals surface area contributed by atoms with E-state index < -0.39 is 0 Å². The maximum atomic E-state index is 13.4. The Balaban J connectivity index is 2.13. The van der Waals surface area contributed by atoms with Crippen molar-refractivity contribution in [3.8, 4) is 11.5 Å². The van der Waals surface area contributed by atoms with Gasteiger partial charge in [0.05, 0.1) is 13.7 Å². The van der Waals surface area contributed by atoms with Crippen LogP contribution in [0.4, 0.5) is 4.39 Å². The van der Waals surface area contributed by atoms with Crippen LogP contribution in [-0.4, -0.2) is 12.2 Å². The van der Waals surface area contributed by atoms with Gasteiger partial charge in [0.1, 0.15) is 12.4 Å². The minimum atomic E-state index is -0.298. The third-order valence-electron chi connectivity index (χ3n) is 2.75. The molecule has 2 rings (SSSR count). The van der Waals surface area contributed by atoms with E-state index in [1.807, 2.05) is 0 Å². The summed E-state index contributed by atoms with van der Waals surface area (Å²) in [5.41, 5.74) is 1.21. The van der Waals surface area contributed by atoms with Gasteiger partial charge in [-0.15, -0.1) is 0 Å². The Morgan fingerprint density at radius 3 is 2.58 bits per heavy atom. The second-order valence-electron chi connectivity index (χ2n) is 4.02. The Labute approximate surface area is 111 Å². The topological polar surface area (TPSA) is 38.7 Å². The minimum absolute atomic E-state index is 0.0655. The van der Waals surface area contributed by atoms with Gasteiger partial charge in [-0.05, 0) is 23.8 Å². The third kappa shape index (κ3) is 3.23. The molecule has 0 amide bonds. The van der Waals surface area contributed by atoms with E-state index in [9.17, 15) is 4.39 Å². The molecule has 0 atom stereocenters. The lowest BCUT2D eigenvalue weighted by Crippen LogP contribution is -2.00. The second kappa shape index (κ2) is 6.20. The van der Waals surface area contributed by atoms with E-state index in [0.29, 0.717) is 17.1 Å². The molecule has 1 N–H and O–H groups in total. The van der Waals surface area contributed by atoms with Crippen molar-refractivity contribution in [2.45, 2.75) is 13.2 Å². The van der Waals surface area contributed by atoms with Gasteiger partial charge < -0.3 is 14.6 Å². The zero-order valence-electron chi connectivity index (χ0n) is 10.6. The molecule has 4 heteroatoms. The van der Waals surface area contributed by atoms with Crippen LogP contribution in [0.5, 0.6) is 11.5 Å². The van der Waals surface area contributed by atoms with Crippen LogP contribution in [0.2, 0.25) is 0 Å². The predicted octanol–water partition coefficient (Wildman–Crippen LogP) is 2.91. The summed E-state index contributed by atoms with van der Waals surface area (Å²) in [6.45, 7) is 0.0610. The molecule has 0 aliphatic heterocycles. The molecule has 0 aliphatic carbocycles. The average Bonchev–Trinajstić information content (AvgIpc) is 2.46. The zero-order chi connectivity index (χ0) is 13.7. The van der Waals surface area contributed by atoms with Gasteiger partial charge in [0.25, 0.3) is 0 Å². The van der Waals surface area contributed by atoms with E-state index >= 15 is 0 Å². The quantitative estimate of drug-likeness (QED) is 0.900. The number of ether oxygens (including phenoxy) is 2. The van der Waals surface area contributed by atoms with Gasteiger partial charge in [-0.2, -0.15) is 0 Å². The Bertz CT molecular complexity index is 555. The number of benzene rings is 2. The fraction of sp³-hybridized carbons (Fsp3) is 0.200. The molecule has 0 saturated carbocycles. The summed E-state index contributed by atoms with van der Waals surface area (Å²) in [5.74, 6) is 0.735. The first kappa shape index (κ1) is 13.4. The summed E-state index contributed by atoms with van der Waals surface area (Å²) in [6.07, 6.45) is 0. The van der Waals surface area contributed by atoms with Crippen molar-refractivity contribution in [3.05, 3.63) is 59.4 Å². The molecule has 0 saturated heterocycles. The molecular weight excluding hydrogens is 247 g/mol. The first-order valence-corrected chi connectivity index (χ1v) is 5.88. The largest absolute Gasteiger partial charge is 0.493 e. The van der Waals surface area contributed by atoms with Crippen molar-refractivity contribution in [2.75, 3.05) is 7.11 Å². The maximum absolute atomic E-state index is 13.4. The maximum Gasteiger partial charge on any atom is 0.161 e. The highest BCUT2D eigenvalue weighted by atomic mass is 19.1. The third-order valence-corrected chi connectivity index (χ3v) is 2.75. The molecule has 0 fully saturated rings. The van der Waals surface area contributed by atoms with E-state index in [1.54, 1.807) is 36.4 Å². The van der Waals surface area contributed by atoms with E-state index in [0.717, 1.165) is 5.56 Å². The number of halogens is 1. The Hall–Kier alpha value is -2.07. The molecule has 0 unspecified atom stereocenters. The van der Waals surface area contributed by atoms with Crippen molar-refractivity contribution in [1.29, 1.82) is 0 Å². The summed E-state index contributed by atoms with van der Waals surface area (Å²) in [6, 6.07) is 11.6. The monoisotopic (exact) mass is 262 g/mol. The molecule has 0 aliphatic rings. The molecule has 2 aromatic rings. The van der Waals surface area contributed by atoms with Crippen LogP contribution >= 0.6 is 0 Å². The van der Waals surface area contributed by atoms with Crippen LogP contribution in [0, 0.1) is 5.82 Å². The van der Waals surface area contributed by atoms with E-state index in [4.69, 9.17) is 14.6 Å². The molecule has 3 nitrogen and oxygen atoms in total. The molecule has 0 radical (unpaired) electrons. The highest BCUT2D eigenvalue weighted by Crippen LogP contribution is 2.29. The highest BCUT2D eigenvalue weighted by Gasteiger charge is 2.07. The van der Waals surface area contributed by atoms with Crippen molar-refractivity contribution in [2.24, 2.45) is 0 Å². The van der Waals surface area contributed by atoms with Crippen molar-refractivity contribution in [3.63, 3.8) is 0 Å². The van der Waals surface area contributed by atoms with Crippen LogP contribution in [0.3, 0.4) is 0 Å². The fourth-order valence-electron chi connectivity index (χ4n) is 1.70. The molecule has 19 heavy (non-hydrogen) atoms. The summed E-state index contributed by atoms with van der Waals surface area (Å²) >= 11 is 0. The molecule has 0 aromatic heterocycles. The first-order valence-electron chi connectivity index (χ1n) is 5.88. The van der Waals surface area contributed by atoms with Gasteiger partial charge in [-0.1, -0.05) is 24.3 Å². The fourth-order valence-corrected chi connectivity index (χ4v) is 1.70. The first-order chi connectivity index (χ1) is 9.24. The van der Waals surface area contributed by atoms with Crippen molar-refractivity contribution < 1.29 is 19.0 Å². The zero-order valence-corrected chi connectivity index (χ0v) is 10.6. The molecule has 0 bridgehead atoms. The SMILES string of the molecule is COc1cc(CO)ccc1OCc1ccccc1F. The van der Waals surface area contributed by atoms with E-state index in [1.165, 1.54) is 13.2 Å². The Morgan fingerprint density at radius 1 is 1.11 bits per heavy atom. The molecule has 2 aromatic carbocycles.